The molecule has 1 radical (unpaired) electrons. The first-order valence-corrected chi connectivity index (χ1v) is 11.2. The Bertz CT molecular complexity index is 1070. The van der Waals surface area contributed by atoms with E-state index >= 15 is 0 Å². The predicted octanol–water partition coefficient (Wildman–Crippen LogP) is 9.22. The molecule has 0 amide bonds. The summed E-state index contributed by atoms with van der Waals surface area (Å²) in [6.45, 7) is 3.29. The highest BCUT2D eigenvalue weighted by Gasteiger charge is 2.73. The second-order valence-corrected chi connectivity index (χ2v) is 10.3. The quantitative estimate of drug-likeness (QED) is 0.348. The molecule has 0 aromatic heterocycles. The highest BCUT2D eigenvalue weighted by Crippen LogP contribution is 2.58. The van der Waals surface area contributed by atoms with Gasteiger partial charge >= 0.3 is 17.4 Å². The van der Waals surface area contributed by atoms with Crippen LogP contribution in [0.3, 0.4) is 0 Å². The summed E-state index contributed by atoms with van der Waals surface area (Å²) >= 11 is 11.9. The van der Waals surface area contributed by atoms with Gasteiger partial charge in [0.05, 0.1) is 0 Å². The normalized spacial score (nSPS) is 24.5. The highest BCUT2D eigenvalue weighted by atomic mass is 35.5. The Morgan fingerprint density at radius 2 is 1.27 bits per heavy atom. The van der Waals surface area contributed by atoms with Gasteiger partial charge in [-0.2, -0.15) is 30.7 Å². The maximum absolute atomic E-state index is 14.3. The molecule has 0 bridgehead atoms. The molecule has 0 spiro atoms. The molecule has 2 unspecified atom stereocenters. The highest BCUT2D eigenvalue weighted by molar-refractivity contribution is 8.04. The molecule has 179 valence electrons. The van der Waals surface area contributed by atoms with Crippen LogP contribution in [0, 0.1) is 6.42 Å². The molecule has 33 heavy (non-hydrogen) atoms. The molecule has 2 aromatic rings. The topological polar surface area (TPSA) is 0 Å². The largest absolute Gasteiger partial charge is 0.460 e. The summed E-state index contributed by atoms with van der Waals surface area (Å²) in [5.74, 6) is -6.23. The van der Waals surface area contributed by atoms with Gasteiger partial charge in [-0.1, -0.05) is 79.5 Å². The van der Waals surface area contributed by atoms with Gasteiger partial charge in [0.15, 0.2) is 0 Å². The summed E-state index contributed by atoms with van der Waals surface area (Å²) in [5.41, 5.74) is -1.25. The second-order valence-electron chi connectivity index (χ2n) is 8.28. The van der Waals surface area contributed by atoms with Crippen molar-refractivity contribution < 1.29 is 30.7 Å². The lowest BCUT2D eigenvalue weighted by Gasteiger charge is -2.44. The molecule has 0 fully saturated rings. The van der Waals surface area contributed by atoms with Crippen LogP contribution in [0.5, 0.6) is 0 Å². The monoisotopic (exact) mass is 529 g/mol. The molecule has 0 saturated carbocycles. The van der Waals surface area contributed by atoms with Crippen molar-refractivity contribution in [1.82, 2.24) is 0 Å². The van der Waals surface area contributed by atoms with Crippen LogP contribution in [-0.4, -0.2) is 17.4 Å². The molecule has 1 aliphatic carbocycles. The third-order valence-corrected chi connectivity index (χ3v) is 7.24. The van der Waals surface area contributed by atoms with Gasteiger partial charge in [0.1, 0.15) is 0 Å². The molecule has 10 heteroatoms. The Morgan fingerprint density at radius 1 is 0.788 bits per heavy atom. The van der Waals surface area contributed by atoms with E-state index in [9.17, 15) is 30.7 Å². The van der Waals surface area contributed by atoms with Crippen molar-refractivity contribution in [3.05, 3.63) is 87.1 Å². The maximum atomic E-state index is 14.3. The van der Waals surface area contributed by atoms with E-state index in [4.69, 9.17) is 23.2 Å². The number of allylic oxidation sites excluding steroid dienone is 2. The maximum Gasteiger partial charge on any atom is 0.460 e. The Morgan fingerprint density at radius 3 is 1.76 bits per heavy atom. The first-order chi connectivity index (χ1) is 15.0. The SMILES string of the molecule is CC1(c2ccccc2Cl)[CH]C(C)(c2ccccc2Cl)CC(SC(F)(F)C(F)(F)C(F)(F)F)=C1. The fourth-order valence-corrected chi connectivity index (χ4v) is 6.05. The second kappa shape index (κ2) is 8.68. The van der Waals surface area contributed by atoms with E-state index in [1.54, 1.807) is 68.8 Å². The van der Waals surface area contributed by atoms with E-state index in [1.807, 2.05) is 0 Å². The van der Waals surface area contributed by atoms with Crippen LogP contribution in [0.1, 0.15) is 31.4 Å². The van der Waals surface area contributed by atoms with Gasteiger partial charge < -0.3 is 0 Å². The molecular weight excluding hydrogens is 512 g/mol. The van der Waals surface area contributed by atoms with Crippen molar-refractivity contribution in [2.75, 3.05) is 0 Å². The molecule has 0 aliphatic heterocycles. The summed E-state index contributed by atoms with van der Waals surface area (Å²) in [6, 6.07) is 13.1. The van der Waals surface area contributed by atoms with E-state index in [0.717, 1.165) is 0 Å². The van der Waals surface area contributed by atoms with Gasteiger partial charge in [-0.15, -0.1) is 0 Å². The van der Waals surface area contributed by atoms with Crippen molar-refractivity contribution in [2.24, 2.45) is 0 Å². The molecule has 1 aliphatic rings. The summed E-state index contributed by atoms with van der Waals surface area (Å²) in [6.07, 6.45) is -3.61. The third-order valence-electron chi connectivity index (χ3n) is 5.54. The van der Waals surface area contributed by atoms with E-state index in [0.29, 0.717) is 16.1 Å². The fourth-order valence-electron chi connectivity index (χ4n) is 4.11. The van der Waals surface area contributed by atoms with Gasteiger partial charge in [-0.3, -0.25) is 0 Å². The minimum Gasteiger partial charge on any atom is -0.188 e. The number of hydrogen-bond acceptors (Lipinski definition) is 1. The molecule has 2 aromatic carbocycles. The third kappa shape index (κ3) is 4.89. The molecule has 2 atom stereocenters. The van der Waals surface area contributed by atoms with E-state index in [2.05, 4.69) is 0 Å². The predicted molar refractivity (Wildman–Crippen MR) is 118 cm³/mol. The summed E-state index contributed by atoms with van der Waals surface area (Å²) < 4.78 is 94.1. The number of benzene rings is 2. The van der Waals surface area contributed by atoms with Gasteiger partial charge in [-0.05, 0) is 52.8 Å². The van der Waals surface area contributed by atoms with Crippen LogP contribution in [0.4, 0.5) is 30.7 Å². The fraction of sp³-hybridized carbons (Fsp3) is 0.348. The Labute approximate surface area is 201 Å². The zero-order valence-electron chi connectivity index (χ0n) is 17.3. The van der Waals surface area contributed by atoms with Crippen molar-refractivity contribution in [2.45, 2.75) is 48.5 Å². The van der Waals surface area contributed by atoms with Crippen LogP contribution in [0.2, 0.25) is 10.0 Å². The first-order valence-electron chi connectivity index (χ1n) is 9.63. The van der Waals surface area contributed by atoms with Crippen LogP contribution in [-0.2, 0) is 10.8 Å². The Kier molecular flexibility index (Phi) is 6.90. The van der Waals surface area contributed by atoms with Crippen molar-refractivity contribution in [3.63, 3.8) is 0 Å². The average molecular weight is 530 g/mol. The molecule has 0 nitrogen and oxygen atoms in total. The number of halogens is 9. The molecule has 0 heterocycles. The number of hydrogen-bond donors (Lipinski definition) is 0. The van der Waals surface area contributed by atoms with Crippen molar-refractivity contribution in [3.8, 4) is 0 Å². The van der Waals surface area contributed by atoms with Gasteiger partial charge in [0, 0.05) is 20.9 Å². The average Bonchev–Trinajstić information content (AvgIpc) is 2.66. The lowest BCUT2D eigenvalue weighted by molar-refractivity contribution is -0.330. The number of alkyl halides is 7. The van der Waals surface area contributed by atoms with Crippen LogP contribution in [0.25, 0.3) is 0 Å². The molecule has 0 N–H and O–H groups in total. The summed E-state index contributed by atoms with van der Waals surface area (Å²) in [5, 5.41) is -4.85. The minimum absolute atomic E-state index is 0.259. The van der Waals surface area contributed by atoms with Crippen LogP contribution < -0.4 is 0 Å². The Hall–Kier alpha value is -1.38. The lowest BCUT2D eigenvalue weighted by atomic mass is 9.62. The van der Waals surface area contributed by atoms with Gasteiger partial charge in [0.25, 0.3) is 0 Å². The molecular formula is C23H18Cl2F7S. The lowest BCUT2D eigenvalue weighted by Crippen LogP contribution is -2.50. The van der Waals surface area contributed by atoms with Crippen molar-refractivity contribution >= 4 is 35.0 Å². The van der Waals surface area contributed by atoms with E-state index in [-0.39, 0.29) is 16.3 Å². The summed E-state index contributed by atoms with van der Waals surface area (Å²) in [4.78, 5) is -0.337. The van der Waals surface area contributed by atoms with Crippen LogP contribution in [0.15, 0.2) is 59.5 Å². The zero-order valence-corrected chi connectivity index (χ0v) is 19.6. The van der Waals surface area contributed by atoms with Gasteiger partial charge in [-0.25, -0.2) is 0 Å². The van der Waals surface area contributed by atoms with E-state index in [1.165, 1.54) is 6.08 Å². The smallest absolute Gasteiger partial charge is 0.188 e. The van der Waals surface area contributed by atoms with Gasteiger partial charge in [0.2, 0.25) is 0 Å². The molecule has 3 rings (SSSR count). The summed E-state index contributed by atoms with van der Waals surface area (Å²) in [7, 11) is 0. The van der Waals surface area contributed by atoms with Crippen molar-refractivity contribution in [1.29, 1.82) is 0 Å². The molecule has 0 saturated heterocycles. The zero-order chi connectivity index (χ0) is 24.9. The minimum atomic E-state index is -6.41. The first kappa shape index (κ1) is 26.2. The van der Waals surface area contributed by atoms with Crippen LogP contribution >= 0.6 is 35.0 Å². The Balaban J connectivity index is 2.15. The van der Waals surface area contributed by atoms with E-state index < -0.39 is 39.9 Å². The number of thioether (sulfide) groups is 1. The standard InChI is InChI=1S/C23H18Cl2F7S/c1-19(15-7-3-5-9-17(15)24)11-14(33-23(31,32)21(26,27)22(28,29)30)12-20(2,13-19)16-8-4-6-10-18(16)25/h3-11,13H,12H2,1-2H3. The number of rotatable bonds is 5.